The van der Waals surface area contributed by atoms with Crippen LogP contribution in [0.1, 0.15) is 52.9 Å². The van der Waals surface area contributed by atoms with Crippen molar-refractivity contribution in [2.45, 2.75) is 64.0 Å². The van der Waals surface area contributed by atoms with Gasteiger partial charge in [-0.25, -0.2) is 4.79 Å². The van der Waals surface area contributed by atoms with Gasteiger partial charge in [-0.3, -0.25) is 0 Å². The van der Waals surface area contributed by atoms with Crippen LogP contribution in [0.25, 0.3) is 0 Å². The van der Waals surface area contributed by atoms with Crippen molar-refractivity contribution in [1.82, 2.24) is 5.32 Å². The first-order valence-corrected chi connectivity index (χ1v) is 5.75. The van der Waals surface area contributed by atoms with Gasteiger partial charge in [0.25, 0.3) is 0 Å². The first kappa shape index (κ1) is 12.8. The Labute approximate surface area is 97.0 Å². The van der Waals surface area contributed by atoms with E-state index in [4.69, 9.17) is 10.00 Å². The maximum Gasteiger partial charge on any atom is 0.408 e. The number of nitrogens with zero attached hydrogens (tertiary/aromatic N) is 1. The third-order valence-corrected chi connectivity index (χ3v) is 2.70. The summed E-state index contributed by atoms with van der Waals surface area (Å²) in [5.74, 6) is 0. The van der Waals surface area contributed by atoms with Crippen molar-refractivity contribution in [3.8, 4) is 6.07 Å². The number of nitrogens with one attached hydrogen (secondary N) is 1. The second-order valence-corrected chi connectivity index (χ2v) is 5.49. The zero-order chi connectivity index (χ0) is 12.2. The summed E-state index contributed by atoms with van der Waals surface area (Å²) < 4.78 is 5.44. The number of ether oxygens (including phenoxy) is 1. The number of hydrogen-bond acceptors (Lipinski definition) is 3. The lowest BCUT2D eigenvalue weighted by Gasteiger charge is -2.29. The normalized spacial score (nSPS) is 18.9. The molecule has 1 amide bonds. The first-order valence-electron chi connectivity index (χ1n) is 5.75. The van der Waals surface area contributed by atoms with Crippen molar-refractivity contribution in [1.29, 1.82) is 5.26 Å². The van der Waals surface area contributed by atoms with Gasteiger partial charge in [0.15, 0.2) is 0 Å². The quantitative estimate of drug-likeness (QED) is 0.784. The van der Waals surface area contributed by atoms with Crippen molar-refractivity contribution < 1.29 is 9.53 Å². The van der Waals surface area contributed by atoms with Crippen molar-refractivity contribution in [2.24, 2.45) is 0 Å². The Hall–Kier alpha value is -1.24. The summed E-state index contributed by atoms with van der Waals surface area (Å²) in [6, 6.07) is 2.11. The number of hydrogen-bond donors (Lipinski definition) is 1. The average molecular weight is 224 g/mol. The van der Waals surface area contributed by atoms with Crippen molar-refractivity contribution >= 4 is 6.09 Å². The number of carbonyl (C=O) groups excluding carboxylic acids is 1. The molecule has 0 aromatic carbocycles. The summed E-state index contributed by atoms with van der Waals surface area (Å²) in [6.45, 7) is 5.71. The molecule has 0 aromatic rings. The van der Waals surface area contributed by atoms with Crippen LogP contribution in [0.2, 0.25) is 0 Å². The highest BCUT2D eigenvalue weighted by molar-refractivity contribution is 5.68. The molecule has 1 N–H and O–H groups in total. The van der Waals surface area contributed by atoms with Crippen LogP contribution in [-0.2, 0) is 4.74 Å². The van der Waals surface area contributed by atoms with Gasteiger partial charge >= 0.3 is 6.09 Å². The molecule has 16 heavy (non-hydrogen) atoms. The van der Waals surface area contributed by atoms with Crippen LogP contribution in [0, 0.1) is 11.3 Å². The predicted molar refractivity (Wildman–Crippen MR) is 60.8 cm³/mol. The van der Waals surface area contributed by atoms with Gasteiger partial charge in [0.2, 0.25) is 0 Å². The van der Waals surface area contributed by atoms with E-state index in [1.54, 1.807) is 0 Å². The summed E-state index contributed by atoms with van der Waals surface area (Å²) in [6.07, 6.45) is 3.56. The lowest BCUT2D eigenvalue weighted by atomic mass is 9.99. The summed E-state index contributed by atoms with van der Waals surface area (Å²) >= 11 is 0. The molecular weight excluding hydrogens is 204 g/mol. The second kappa shape index (κ2) is 4.73. The molecule has 1 fully saturated rings. The minimum Gasteiger partial charge on any atom is -0.442 e. The Bertz CT molecular complexity index is 293. The van der Waals surface area contributed by atoms with Gasteiger partial charge in [-0.2, -0.15) is 5.26 Å². The predicted octanol–water partition coefficient (Wildman–Crippen LogP) is 2.74. The highest BCUT2D eigenvalue weighted by Crippen LogP contribution is 2.36. The van der Waals surface area contributed by atoms with Crippen LogP contribution < -0.4 is 5.32 Å². The zero-order valence-electron chi connectivity index (χ0n) is 10.3. The smallest absolute Gasteiger partial charge is 0.408 e. The molecule has 0 spiro atoms. The molecule has 1 aliphatic rings. The van der Waals surface area contributed by atoms with Gasteiger partial charge in [0.05, 0.1) is 12.5 Å². The molecule has 0 aliphatic heterocycles. The van der Waals surface area contributed by atoms with E-state index in [2.05, 4.69) is 11.4 Å². The molecule has 1 rings (SSSR count). The number of nitriles is 1. The molecule has 1 aliphatic carbocycles. The van der Waals surface area contributed by atoms with E-state index in [1.807, 2.05) is 20.8 Å². The molecule has 0 atom stereocenters. The van der Waals surface area contributed by atoms with Gasteiger partial charge in [-0.1, -0.05) is 0 Å². The van der Waals surface area contributed by atoms with Gasteiger partial charge in [-0.05, 0) is 46.5 Å². The highest BCUT2D eigenvalue weighted by atomic mass is 16.6. The van der Waals surface area contributed by atoms with E-state index in [9.17, 15) is 4.79 Å². The SMILES string of the molecule is CC(C)(C)NC(=O)OC1(CC#N)CCCC1. The fourth-order valence-corrected chi connectivity index (χ4v) is 2.01. The van der Waals surface area contributed by atoms with Crippen LogP contribution in [-0.4, -0.2) is 17.2 Å². The molecule has 0 saturated heterocycles. The Morgan fingerprint density at radius 1 is 1.44 bits per heavy atom. The molecule has 4 nitrogen and oxygen atoms in total. The maximum absolute atomic E-state index is 11.7. The Balaban J connectivity index is 2.56. The van der Waals surface area contributed by atoms with Crippen molar-refractivity contribution in [3.63, 3.8) is 0 Å². The summed E-state index contributed by atoms with van der Waals surface area (Å²) in [7, 11) is 0. The molecule has 0 heterocycles. The number of rotatable bonds is 2. The van der Waals surface area contributed by atoms with Crippen molar-refractivity contribution in [3.05, 3.63) is 0 Å². The van der Waals surface area contributed by atoms with E-state index in [0.29, 0.717) is 6.42 Å². The van der Waals surface area contributed by atoms with E-state index < -0.39 is 11.7 Å². The third kappa shape index (κ3) is 3.73. The first-order chi connectivity index (χ1) is 7.37. The molecule has 90 valence electrons. The van der Waals surface area contributed by atoms with Gasteiger partial charge < -0.3 is 10.1 Å². The molecule has 0 aromatic heterocycles. The minimum atomic E-state index is -0.538. The minimum absolute atomic E-state index is 0.296. The summed E-state index contributed by atoms with van der Waals surface area (Å²) in [5.41, 5.74) is -0.840. The molecule has 0 radical (unpaired) electrons. The van der Waals surface area contributed by atoms with E-state index in [0.717, 1.165) is 25.7 Å². The molecule has 0 bridgehead atoms. The van der Waals surface area contributed by atoms with Crippen LogP contribution in [0.15, 0.2) is 0 Å². The number of carbonyl (C=O) groups is 1. The highest BCUT2D eigenvalue weighted by Gasteiger charge is 2.38. The Kier molecular flexibility index (Phi) is 3.79. The molecular formula is C12H20N2O2. The number of alkyl carbamates (subject to hydrolysis) is 1. The maximum atomic E-state index is 11.7. The second-order valence-electron chi connectivity index (χ2n) is 5.49. The van der Waals surface area contributed by atoms with Crippen LogP contribution >= 0.6 is 0 Å². The van der Waals surface area contributed by atoms with Crippen LogP contribution in [0.3, 0.4) is 0 Å². The van der Waals surface area contributed by atoms with Gasteiger partial charge in [0.1, 0.15) is 5.60 Å². The molecule has 0 unspecified atom stereocenters. The fourth-order valence-electron chi connectivity index (χ4n) is 2.01. The zero-order valence-corrected chi connectivity index (χ0v) is 10.3. The monoisotopic (exact) mass is 224 g/mol. The topological polar surface area (TPSA) is 62.1 Å². The van der Waals surface area contributed by atoms with E-state index in [1.165, 1.54) is 0 Å². The fraction of sp³-hybridized carbons (Fsp3) is 0.833. The molecule has 4 heteroatoms. The largest absolute Gasteiger partial charge is 0.442 e. The average Bonchev–Trinajstić information content (AvgIpc) is 2.49. The van der Waals surface area contributed by atoms with Gasteiger partial charge in [0, 0.05) is 5.54 Å². The van der Waals surface area contributed by atoms with Crippen molar-refractivity contribution in [2.75, 3.05) is 0 Å². The summed E-state index contributed by atoms with van der Waals surface area (Å²) in [5, 5.41) is 11.5. The van der Waals surface area contributed by atoms with E-state index in [-0.39, 0.29) is 5.54 Å². The van der Waals surface area contributed by atoms with Crippen LogP contribution in [0.4, 0.5) is 4.79 Å². The van der Waals surface area contributed by atoms with E-state index >= 15 is 0 Å². The van der Waals surface area contributed by atoms with Crippen LogP contribution in [0.5, 0.6) is 0 Å². The lowest BCUT2D eigenvalue weighted by Crippen LogP contribution is -2.45. The summed E-state index contributed by atoms with van der Waals surface area (Å²) in [4.78, 5) is 11.7. The lowest BCUT2D eigenvalue weighted by molar-refractivity contribution is 0.0159. The number of amides is 1. The Morgan fingerprint density at radius 2 is 2.00 bits per heavy atom. The standard InChI is InChI=1S/C12H20N2O2/c1-11(2,3)14-10(15)16-12(8-9-13)6-4-5-7-12/h4-8H2,1-3H3,(H,14,15). The third-order valence-electron chi connectivity index (χ3n) is 2.70. The van der Waals surface area contributed by atoms with Gasteiger partial charge in [-0.15, -0.1) is 0 Å². The molecule has 1 saturated carbocycles. The Morgan fingerprint density at radius 3 is 2.44 bits per heavy atom.